The number of imidazole rings is 1. The van der Waals surface area contributed by atoms with Crippen molar-refractivity contribution in [3.8, 4) is 0 Å². The van der Waals surface area contributed by atoms with Crippen molar-refractivity contribution in [1.29, 1.82) is 0 Å². The van der Waals surface area contributed by atoms with Crippen molar-refractivity contribution in [2.45, 2.75) is 46.6 Å². The van der Waals surface area contributed by atoms with Crippen LogP contribution in [-0.2, 0) is 6.42 Å². The van der Waals surface area contributed by atoms with E-state index >= 15 is 0 Å². The lowest BCUT2D eigenvalue weighted by molar-refractivity contribution is 0.506. The molecular formula is C12H20N2. The molecule has 0 radical (unpaired) electrons. The molecule has 0 aliphatic heterocycles. The summed E-state index contributed by atoms with van der Waals surface area (Å²) < 4.78 is 2.31. The molecule has 2 heteroatoms. The Bertz CT molecular complexity index is 323. The van der Waals surface area contributed by atoms with Gasteiger partial charge in [0.15, 0.2) is 0 Å². The van der Waals surface area contributed by atoms with Crippen LogP contribution in [0.25, 0.3) is 5.57 Å². The van der Waals surface area contributed by atoms with E-state index in [-0.39, 0.29) is 0 Å². The summed E-state index contributed by atoms with van der Waals surface area (Å²) in [5.74, 6) is 1.16. The van der Waals surface area contributed by atoms with Gasteiger partial charge in [-0.1, -0.05) is 20.4 Å². The molecule has 0 saturated carbocycles. The van der Waals surface area contributed by atoms with E-state index in [9.17, 15) is 0 Å². The summed E-state index contributed by atoms with van der Waals surface area (Å²) in [5, 5.41) is 0. The van der Waals surface area contributed by atoms with Gasteiger partial charge in [0.05, 0.1) is 11.9 Å². The Hall–Kier alpha value is -1.05. The monoisotopic (exact) mass is 192 g/mol. The average molecular weight is 192 g/mol. The molecule has 0 aromatic carbocycles. The van der Waals surface area contributed by atoms with Crippen molar-refractivity contribution in [3.63, 3.8) is 0 Å². The molecule has 0 amide bonds. The van der Waals surface area contributed by atoms with Gasteiger partial charge in [-0.15, -0.1) is 0 Å². The smallest absolute Gasteiger partial charge is 0.109 e. The first-order valence-corrected chi connectivity index (χ1v) is 5.33. The summed E-state index contributed by atoms with van der Waals surface area (Å²) in [6.07, 6.45) is 4.05. The first-order chi connectivity index (χ1) is 6.61. The molecule has 0 N–H and O–H groups in total. The van der Waals surface area contributed by atoms with Crippen molar-refractivity contribution in [3.05, 3.63) is 24.3 Å². The van der Waals surface area contributed by atoms with Crippen LogP contribution in [0.4, 0.5) is 0 Å². The van der Waals surface area contributed by atoms with Gasteiger partial charge < -0.3 is 4.57 Å². The fraction of sp³-hybridized carbons (Fsp3) is 0.583. The summed E-state index contributed by atoms with van der Waals surface area (Å²) in [6, 6.07) is 0.513. The third-order valence-corrected chi connectivity index (χ3v) is 2.66. The fourth-order valence-corrected chi connectivity index (χ4v) is 1.65. The molecule has 0 fully saturated rings. The predicted octanol–water partition coefficient (Wildman–Crippen LogP) is 3.45. The molecule has 0 aliphatic rings. The van der Waals surface area contributed by atoms with Crippen LogP contribution in [0.15, 0.2) is 12.8 Å². The third-order valence-electron chi connectivity index (χ3n) is 2.66. The van der Waals surface area contributed by atoms with Crippen LogP contribution in [0, 0.1) is 0 Å². The van der Waals surface area contributed by atoms with E-state index in [1.165, 1.54) is 5.69 Å². The van der Waals surface area contributed by atoms with Crippen LogP contribution < -0.4 is 0 Å². The zero-order valence-corrected chi connectivity index (χ0v) is 9.67. The second-order valence-electron chi connectivity index (χ2n) is 3.82. The molecule has 1 heterocycles. The van der Waals surface area contributed by atoms with E-state index in [0.29, 0.717) is 6.04 Å². The van der Waals surface area contributed by atoms with Gasteiger partial charge in [0.1, 0.15) is 5.82 Å². The molecule has 0 aliphatic carbocycles. The van der Waals surface area contributed by atoms with Crippen LogP contribution in [0.2, 0.25) is 0 Å². The van der Waals surface area contributed by atoms with Gasteiger partial charge in [-0.3, -0.25) is 0 Å². The maximum Gasteiger partial charge on any atom is 0.109 e. The SMILES string of the molecule is C=C(C)c1cnc(CC)n1C(C)CC. The van der Waals surface area contributed by atoms with Crippen LogP contribution in [0.1, 0.15) is 51.7 Å². The highest BCUT2D eigenvalue weighted by molar-refractivity contribution is 5.58. The van der Waals surface area contributed by atoms with Crippen molar-refractivity contribution in [2.75, 3.05) is 0 Å². The molecule has 0 spiro atoms. The predicted molar refractivity (Wildman–Crippen MR) is 61.3 cm³/mol. The quantitative estimate of drug-likeness (QED) is 0.714. The van der Waals surface area contributed by atoms with Crippen molar-refractivity contribution in [2.24, 2.45) is 0 Å². The topological polar surface area (TPSA) is 17.8 Å². The van der Waals surface area contributed by atoms with Crippen LogP contribution in [0.3, 0.4) is 0 Å². The number of nitrogens with zero attached hydrogens (tertiary/aromatic N) is 2. The van der Waals surface area contributed by atoms with Crippen molar-refractivity contribution in [1.82, 2.24) is 9.55 Å². The number of aromatic nitrogens is 2. The zero-order chi connectivity index (χ0) is 10.7. The fourth-order valence-electron chi connectivity index (χ4n) is 1.65. The summed E-state index contributed by atoms with van der Waals surface area (Å²) >= 11 is 0. The van der Waals surface area contributed by atoms with Gasteiger partial charge in [0, 0.05) is 12.5 Å². The Morgan fingerprint density at radius 1 is 1.57 bits per heavy atom. The summed E-state index contributed by atoms with van der Waals surface area (Å²) in [6.45, 7) is 12.6. The Morgan fingerprint density at radius 3 is 2.64 bits per heavy atom. The van der Waals surface area contributed by atoms with Gasteiger partial charge in [0.2, 0.25) is 0 Å². The maximum atomic E-state index is 4.43. The van der Waals surface area contributed by atoms with Gasteiger partial charge >= 0.3 is 0 Å². The van der Waals surface area contributed by atoms with Crippen molar-refractivity contribution >= 4 is 5.57 Å². The van der Waals surface area contributed by atoms with Crippen molar-refractivity contribution < 1.29 is 0 Å². The minimum absolute atomic E-state index is 0.513. The van der Waals surface area contributed by atoms with E-state index in [1.54, 1.807) is 0 Å². The van der Waals surface area contributed by atoms with Gasteiger partial charge in [-0.25, -0.2) is 4.98 Å². The molecule has 1 atom stereocenters. The Labute approximate surface area is 86.7 Å². The number of hydrogen-bond donors (Lipinski definition) is 0. The Morgan fingerprint density at radius 2 is 2.21 bits per heavy atom. The highest BCUT2D eigenvalue weighted by Gasteiger charge is 2.13. The van der Waals surface area contributed by atoms with E-state index in [0.717, 1.165) is 24.2 Å². The van der Waals surface area contributed by atoms with E-state index < -0.39 is 0 Å². The zero-order valence-electron chi connectivity index (χ0n) is 9.67. The second-order valence-corrected chi connectivity index (χ2v) is 3.82. The molecule has 1 aromatic heterocycles. The van der Waals surface area contributed by atoms with Gasteiger partial charge in [0.25, 0.3) is 0 Å². The number of hydrogen-bond acceptors (Lipinski definition) is 1. The van der Waals surface area contributed by atoms with Crippen LogP contribution in [0.5, 0.6) is 0 Å². The Kier molecular flexibility index (Phi) is 3.50. The van der Waals surface area contributed by atoms with E-state index in [2.05, 4.69) is 36.9 Å². The molecule has 0 saturated heterocycles. The largest absolute Gasteiger partial charge is 0.325 e. The first kappa shape index (κ1) is 11.0. The van der Waals surface area contributed by atoms with Gasteiger partial charge in [-0.05, 0) is 25.8 Å². The Balaban J connectivity index is 3.19. The van der Waals surface area contributed by atoms with E-state index in [4.69, 9.17) is 0 Å². The number of aryl methyl sites for hydroxylation is 1. The lowest BCUT2D eigenvalue weighted by Gasteiger charge is -2.17. The molecule has 0 bridgehead atoms. The molecule has 1 aromatic rings. The third kappa shape index (κ3) is 1.89. The second kappa shape index (κ2) is 4.45. The summed E-state index contributed by atoms with van der Waals surface area (Å²) in [7, 11) is 0. The molecule has 14 heavy (non-hydrogen) atoms. The molecule has 78 valence electrons. The standard InChI is InChI=1S/C12H20N2/c1-6-10(5)14-11(9(3)4)8-13-12(14)7-2/h8,10H,3,6-7H2,1-2,4-5H3. The van der Waals surface area contributed by atoms with Crippen LogP contribution >= 0.6 is 0 Å². The molecular weight excluding hydrogens is 172 g/mol. The minimum Gasteiger partial charge on any atom is -0.325 e. The number of allylic oxidation sites excluding steroid dienone is 1. The normalized spacial score (nSPS) is 12.9. The lowest BCUT2D eigenvalue weighted by atomic mass is 10.2. The summed E-state index contributed by atoms with van der Waals surface area (Å²) in [4.78, 5) is 4.43. The van der Waals surface area contributed by atoms with E-state index in [1.807, 2.05) is 13.1 Å². The van der Waals surface area contributed by atoms with Crippen LogP contribution in [-0.4, -0.2) is 9.55 Å². The number of rotatable bonds is 4. The molecule has 2 nitrogen and oxygen atoms in total. The minimum atomic E-state index is 0.513. The summed E-state index contributed by atoms with van der Waals surface area (Å²) in [5.41, 5.74) is 2.27. The maximum absolute atomic E-state index is 4.43. The van der Waals surface area contributed by atoms with Gasteiger partial charge in [-0.2, -0.15) is 0 Å². The highest BCUT2D eigenvalue weighted by atomic mass is 15.1. The first-order valence-electron chi connectivity index (χ1n) is 5.33. The average Bonchev–Trinajstić information content (AvgIpc) is 2.59. The molecule has 1 rings (SSSR count). The highest BCUT2D eigenvalue weighted by Crippen LogP contribution is 2.21. The molecule has 1 unspecified atom stereocenters. The lowest BCUT2D eigenvalue weighted by Crippen LogP contribution is -2.10.